The topological polar surface area (TPSA) is 63.4 Å². The Morgan fingerprint density at radius 1 is 1.35 bits per heavy atom. The molecule has 1 aromatic carbocycles. The van der Waals surface area contributed by atoms with Crippen LogP contribution in [0.1, 0.15) is 31.7 Å². The predicted octanol–water partition coefficient (Wildman–Crippen LogP) is 1.53. The van der Waals surface area contributed by atoms with E-state index in [4.69, 9.17) is 5.73 Å². The highest BCUT2D eigenvalue weighted by Crippen LogP contribution is 2.20. The molecule has 1 amide bonds. The second kappa shape index (κ2) is 6.66. The molecule has 0 bridgehead atoms. The summed E-state index contributed by atoms with van der Waals surface area (Å²) in [5.74, 6) is 0.0425. The van der Waals surface area contributed by atoms with E-state index in [-0.39, 0.29) is 17.7 Å². The van der Waals surface area contributed by atoms with Crippen LogP contribution in [-0.2, 0) is 16.0 Å². The molecule has 1 aliphatic heterocycles. The van der Waals surface area contributed by atoms with Gasteiger partial charge in [0.25, 0.3) is 0 Å². The van der Waals surface area contributed by atoms with Crippen LogP contribution < -0.4 is 5.73 Å². The van der Waals surface area contributed by atoms with E-state index in [9.17, 15) is 9.59 Å². The molecule has 1 saturated heterocycles. The van der Waals surface area contributed by atoms with E-state index < -0.39 is 6.04 Å². The number of amides is 1. The van der Waals surface area contributed by atoms with Crippen LogP contribution in [0, 0.1) is 0 Å². The summed E-state index contributed by atoms with van der Waals surface area (Å²) in [7, 11) is 0. The standard InChI is InChI=1S/C16H22N2O2/c1-2-15(19)14-9-6-10-18(14)16(20)13(17)11-12-7-4-3-5-8-12/h3-5,7-8,13-14H,2,6,9-11,17H2,1H3. The normalized spacial score (nSPS) is 19.9. The quantitative estimate of drug-likeness (QED) is 0.885. The number of likely N-dealkylation sites (tertiary alicyclic amines) is 1. The van der Waals surface area contributed by atoms with Gasteiger partial charge in [0.2, 0.25) is 5.91 Å². The van der Waals surface area contributed by atoms with Crippen LogP contribution in [0.15, 0.2) is 30.3 Å². The number of nitrogens with zero attached hydrogens (tertiary/aromatic N) is 1. The number of carbonyl (C=O) groups excluding carboxylic acids is 2. The maximum atomic E-state index is 12.4. The van der Waals surface area contributed by atoms with Crippen molar-refractivity contribution in [2.75, 3.05) is 6.54 Å². The molecule has 0 spiro atoms. The summed E-state index contributed by atoms with van der Waals surface area (Å²) in [5, 5.41) is 0. The Kier molecular flexibility index (Phi) is 4.90. The number of rotatable bonds is 5. The van der Waals surface area contributed by atoms with Gasteiger partial charge in [-0.15, -0.1) is 0 Å². The van der Waals surface area contributed by atoms with E-state index in [0.29, 0.717) is 19.4 Å². The monoisotopic (exact) mass is 274 g/mol. The van der Waals surface area contributed by atoms with Crippen LogP contribution in [0.25, 0.3) is 0 Å². The lowest BCUT2D eigenvalue weighted by molar-refractivity contribution is -0.138. The molecule has 1 fully saturated rings. The second-order valence-corrected chi connectivity index (χ2v) is 5.31. The van der Waals surface area contributed by atoms with Crippen molar-refractivity contribution in [2.24, 2.45) is 5.73 Å². The number of Topliss-reactive ketones (excluding diaryl/α,β-unsaturated/α-hetero) is 1. The van der Waals surface area contributed by atoms with Crippen molar-refractivity contribution in [1.29, 1.82) is 0 Å². The van der Waals surface area contributed by atoms with Crippen molar-refractivity contribution in [3.63, 3.8) is 0 Å². The van der Waals surface area contributed by atoms with Gasteiger partial charge >= 0.3 is 0 Å². The highest BCUT2D eigenvalue weighted by Gasteiger charge is 2.34. The zero-order chi connectivity index (χ0) is 14.5. The van der Waals surface area contributed by atoms with Crippen molar-refractivity contribution in [3.05, 3.63) is 35.9 Å². The number of nitrogens with two attached hydrogens (primary N) is 1. The maximum absolute atomic E-state index is 12.4. The van der Waals surface area contributed by atoms with Gasteiger partial charge in [-0.3, -0.25) is 9.59 Å². The Balaban J connectivity index is 2.01. The van der Waals surface area contributed by atoms with Gasteiger partial charge in [-0.1, -0.05) is 37.3 Å². The van der Waals surface area contributed by atoms with Crippen molar-refractivity contribution in [1.82, 2.24) is 4.90 Å². The Hall–Kier alpha value is -1.68. The van der Waals surface area contributed by atoms with Gasteiger partial charge in [0.15, 0.2) is 5.78 Å². The van der Waals surface area contributed by atoms with Crippen LogP contribution in [-0.4, -0.2) is 35.2 Å². The second-order valence-electron chi connectivity index (χ2n) is 5.31. The van der Waals surface area contributed by atoms with Crippen molar-refractivity contribution < 1.29 is 9.59 Å². The highest BCUT2D eigenvalue weighted by molar-refractivity contribution is 5.91. The summed E-state index contributed by atoms with van der Waals surface area (Å²) >= 11 is 0. The summed E-state index contributed by atoms with van der Waals surface area (Å²) in [6.45, 7) is 2.49. The van der Waals surface area contributed by atoms with Gasteiger partial charge < -0.3 is 10.6 Å². The average molecular weight is 274 g/mol. The Morgan fingerprint density at radius 3 is 2.70 bits per heavy atom. The van der Waals surface area contributed by atoms with Crippen molar-refractivity contribution >= 4 is 11.7 Å². The molecule has 0 saturated carbocycles. The van der Waals surface area contributed by atoms with Gasteiger partial charge in [0, 0.05) is 13.0 Å². The molecule has 0 aliphatic carbocycles. The fourth-order valence-corrected chi connectivity index (χ4v) is 2.77. The molecule has 0 radical (unpaired) electrons. The van der Waals surface area contributed by atoms with E-state index in [2.05, 4.69) is 0 Å². The zero-order valence-corrected chi connectivity index (χ0v) is 11.9. The van der Waals surface area contributed by atoms with Gasteiger partial charge in [-0.25, -0.2) is 0 Å². The molecular formula is C16H22N2O2. The van der Waals surface area contributed by atoms with E-state index in [1.165, 1.54) is 0 Å². The SMILES string of the molecule is CCC(=O)C1CCCN1C(=O)C(N)Cc1ccccc1. The third-order valence-electron chi connectivity index (χ3n) is 3.87. The molecule has 4 heteroatoms. The molecule has 2 unspecified atom stereocenters. The first-order chi connectivity index (χ1) is 9.63. The predicted molar refractivity (Wildman–Crippen MR) is 78.2 cm³/mol. The Bertz CT molecular complexity index is 473. The van der Waals surface area contributed by atoms with Crippen molar-refractivity contribution in [2.45, 2.75) is 44.7 Å². The fraction of sp³-hybridized carbons (Fsp3) is 0.500. The minimum Gasteiger partial charge on any atom is -0.331 e. The molecule has 20 heavy (non-hydrogen) atoms. The average Bonchev–Trinajstić information content (AvgIpc) is 2.96. The Morgan fingerprint density at radius 2 is 2.05 bits per heavy atom. The van der Waals surface area contributed by atoms with E-state index in [1.54, 1.807) is 4.90 Å². The first-order valence-corrected chi connectivity index (χ1v) is 7.26. The summed E-state index contributed by atoms with van der Waals surface area (Å²) in [6.07, 6.45) is 2.66. The first-order valence-electron chi connectivity index (χ1n) is 7.26. The van der Waals surface area contributed by atoms with Crippen LogP contribution in [0.5, 0.6) is 0 Å². The first kappa shape index (κ1) is 14.7. The third kappa shape index (κ3) is 3.25. The lowest BCUT2D eigenvalue weighted by Crippen LogP contribution is -2.49. The molecule has 2 rings (SSSR count). The summed E-state index contributed by atoms with van der Waals surface area (Å²) < 4.78 is 0. The molecular weight excluding hydrogens is 252 g/mol. The van der Waals surface area contributed by atoms with Gasteiger partial charge in [-0.2, -0.15) is 0 Å². The van der Waals surface area contributed by atoms with E-state index in [0.717, 1.165) is 18.4 Å². The molecule has 4 nitrogen and oxygen atoms in total. The lowest BCUT2D eigenvalue weighted by atomic mass is 10.0. The third-order valence-corrected chi connectivity index (χ3v) is 3.87. The minimum absolute atomic E-state index is 0.0989. The molecule has 108 valence electrons. The smallest absolute Gasteiger partial charge is 0.240 e. The van der Waals surface area contributed by atoms with Crippen molar-refractivity contribution in [3.8, 4) is 0 Å². The number of carbonyl (C=O) groups is 2. The summed E-state index contributed by atoms with van der Waals surface area (Å²) in [5.41, 5.74) is 7.08. The number of benzene rings is 1. The zero-order valence-electron chi connectivity index (χ0n) is 11.9. The largest absolute Gasteiger partial charge is 0.331 e. The van der Waals surface area contributed by atoms with Gasteiger partial charge in [-0.05, 0) is 24.8 Å². The Labute approximate surface area is 119 Å². The van der Waals surface area contributed by atoms with E-state index >= 15 is 0 Å². The molecule has 1 heterocycles. The summed E-state index contributed by atoms with van der Waals surface area (Å²) in [4.78, 5) is 26.0. The molecule has 0 aromatic heterocycles. The molecule has 1 aromatic rings. The number of hydrogen-bond acceptors (Lipinski definition) is 3. The lowest BCUT2D eigenvalue weighted by Gasteiger charge is -2.26. The highest BCUT2D eigenvalue weighted by atomic mass is 16.2. The molecule has 2 N–H and O–H groups in total. The van der Waals surface area contributed by atoms with E-state index in [1.807, 2.05) is 37.3 Å². The van der Waals surface area contributed by atoms with Crippen LogP contribution in [0.4, 0.5) is 0 Å². The van der Waals surface area contributed by atoms with Crippen LogP contribution in [0.2, 0.25) is 0 Å². The number of ketones is 1. The fourth-order valence-electron chi connectivity index (χ4n) is 2.77. The van der Waals surface area contributed by atoms with Crippen LogP contribution in [0.3, 0.4) is 0 Å². The number of hydrogen-bond donors (Lipinski definition) is 1. The minimum atomic E-state index is -0.567. The van der Waals surface area contributed by atoms with Gasteiger partial charge in [0.1, 0.15) is 0 Å². The molecule has 1 aliphatic rings. The molecule has 2 atom stereocenters. The van der Waals surface area contributed by atoms with Gasteiger partial charge in [0.05, 0.1) is 12.1 Å². The van der Waals surface area contributed by atoms with Crippen LogP contribution >= 0.6 is 0 Å². The summed E-state index contributed by atoms with van der Waals surface area (Å²) in [6, 6.07) is 8.92. The maximum Gasteiger partial charge on any atom is 0.240 e.